The molecule has 1 N–H and O–H groups in total. The van der Waals surface area contributed by atoms with Crippen LogP contribution >= 0.6 is 0 Å². The van der Waals surface area contributed by atoms with Crippen LogP contribution in [0.25, 0.3) is 0 Å². The number of nitrogens with one attached hydrogen (secondary N) is 1. The molecule has 0 aromatic heterocycles. The highest BCUT2D eigenvalue weighted by Crippen LogP contribution is 2.11. The third-order valence-electron chi connectivity index (χ3n) is 2.74. The molecule has 1 aliphatic heterocycles. The maximum absolute atomic E-state index is 11.6. The molecule has 0 spiro atoms. The highest BCUT2D eigenvalue weighted by Gasteiger charge is 2.21. The Hall–Kier alpha value is -0.650. The monoisotopic (exact) mass is 245 g/mol. The summed E-state index contributed by atoms with van der Waals surface area (Å²) in [6, 6.07) is 0. The molecule has 5 nitrogen and oxygen atoms in total. The quantitative estimate of drug-likeness (QED) is 0.501. The zero-order valence-corrected chi connectivity index (χ0v) is 10.6. The Bertz CT molecular complexity index is 205. The number of rotatable bonds is 8. The van der Waals surface area contributed by atoms with Gasteiger partial charge in [0.05, 0.1) is 25.7 Å². The fraction of sp³-hybridized carbons (Fsp3) is 0.917. The van der Waals surface area contributed by atoms with E-state index in [2.05, 4.69) is 5.32 Å². The number of hydrogen-bond donors (Lipinski definition) is 1. The number of carbonyl (C=O) groups is 1. The van der Waals surface area contributed by atoms with Crippen LogP contribution < -0.4 is 5.32 Å². The predicted octanol–water partition coefficient (Wildman–Crippen LogP) is 0.582. The van der Waals surface area contributed by atoms with E-state index in [1.54, 1.807) is 7.11 Å². The van der Waals surface area contributed by atoms with Crippen LogP contribution in [0.15, 0.2) is 0 Å². The molecule has 0 saturated carbocycles. The topological polar surface area (TPSA) is 56.8 Å². The van der Waals surface area contributed by atoms with Crippen LogP contribution in [0.3, 0.4) is 0 Å². The summed E-state index contributed by atoms with van der Waals surface area (Å²) in [6.45, 7) is 4.02. The summed E-state index contributed by atoms with van der Waals surface area (Å²) < 4.78 is 15.3. The Labute approximate surface area is 103 Å². The highest BCUT2D eigenvalue weighted by atomic mass is 16.5. The second-order valence-electron chi connectivity index (χ2n) is 4.17. The van der Waals surface area contributed by atoms with Gasteiger partial charge >= 0.3 is 5.97 Å². The average Bonchev–Trinajstić information content (AvgIpc) is 2.38. The Kier molecular flexibility index (Phi) is 7.96. The summed E-state index contributed by atoms with van der Waals surface area (Å²) in [4.78, 5) is 11.6. The normalized spacial score (nSPS) is 20.2. The SMILES string of the molecule is COCCOCCCOC(=O)[C@H]1CCCNC1. The van der Waals surface area contributed by atoms with Gasteiger partial charge in [-0.1, -0.05) is 0 Å². The van der Waals surface area contributed by atoms with E-state index in [0.29, 0.717) is 26.4 Å². The molecule has 0 unspecified atom stereocenters. The van der Waals surface area contributed by atoms with Crippen LogP contribution in [0, 0.1) is 5.92 Å². The van der Waals surface area contributed by atoms with Crippen molar-refractivity contribution in [3.63, 3.8) is 0 Å². The summed E-state index contributed by atoms with van der Waals surface area (Å²) in [6.07, 6.45) is 2.74. The number of ether oxygens (including phenoxy) is 3. The van der Waals surface area contributed by atoms with Gasteiger partial charge in [0, 0.05) is 26.7 Å². The first-order valence-electron chi connectivity index (χ1n) is 6.28. The van der Waals surface area contributed by atoms with E-state index < -0.39 is 0 Å². The van der Waals surface area contributed by atoms with Crippen molar-refractivity contribution in [1.29, 1.82) is 0 Å². The first-order chi connectivity index (χ1) is 8.34. The van der Waals surface area contributed by atoms with E-state index in [-0.39, 0.29) is 11.9 Å². The molecule has 17 heavy (non-hydrogen) atoms. The standard InChI is InChI=1S/C12H23NO4/c1-15-8-9-16-6-3-7-17-12(14)11-4-2-5-13-10-11/h11,13H,2-10H2,1H3/t11-/m0/s1. The van der Waals surface area contributed by atoms with Crippen LogP contribution in [0.5, 0.6) is 0 Å². The molecule has 1 aliphatic rings. The number of carbonyl (C=O) groups excluding carboxylic acids is 1. The molecule has 0 radical (unpaired) electrons. The van der Waals surface area contributed by atoms with Gasteiger partial charge in [-0.05, 0) is 19.4 Å². The molecule has 0 aliphatic carbocycles. The van der Waals surface area contributed by atoms with Crippen molar-refractivity contribution in [3.05, 3.63) is 0 Å². The maximum Gasteiger partial charge on any atom is 0.310 e. The van der Waals surface area contributed by atoms with Gasteiger partial charge in [0.15, 0.2) is 0 Å². The molecule has 0 aromatic rings. The van der Waals surface area contributed by atoms with Gasteiger partial charge in [0.25, 0.3) is 0 Å². The molecule has 1 fully saturated rings. The minimum Gasteiger partial charge on any atom is -0.465 e. The van der Waals surface area contributed by atoms with Gasteiger partial charge in [-0.25, -0.2) is 0 Å². The highest BCUT2D eigenvalue weighted by molar-refractivity contribution is 5.72. The van der Waals surface area contributed by atoms with Crippen molar-refractivity contribution in [2.75, 3.05) is 46.6 Å². The van der Waals surface area contributed by atoms with Gasteiger partial charge in [-0.15, -0.1) is 0 Å². The van der Waals surface area contributed by atoms with Crippen LogP contribution in [0.4, 0.5) is 0 Å². The van der Waals surface area contributed by atoms with Crippen molar-refractivity contribution in [2.45, 2.75) is 19.3 Å². The predicted molar refractivity (Wildman–Crippen MR) is 63.9 cm³/mol. The fourth-order valence-electron chi connectivity index (χ4n) is 1.75. The number of piperidine rings is 1. The summed E-state index contributed by atoms with van der Waals surface area (Å²) in [5.41, 5.74) is 0. The lowest BCUT2D eigenvalue weighted by Crippen LogP contribution is -2.35. The number of methoxy groups -OCH3 is 1. The summed E-state index contributed by atoms with van der Waals surface area (Å²) >= 11 is 0. The zero-order chi connectivity index (χ0) is 12.3. The number of esters is 1. The molecule has 100 valence electrons. The summed E-state index contributed by atoms with van der Waals surface area (Å²) in [5.74, 6) is -0.0350. The minimum atomic E-state index is -0.0749. The van der Waals surface area contributed by atoms with E-state index in [1.165, 1.54) is 0 Å². The molecule has 1 atom stereocenters. The van der Waals surface area contributed by atoms with E-state index >= 15 is 0 Å². The van der Waals surface area contributed by atoms with E-state index in [4.69, 9.17) is 14.2 Å². The Balaban J connectivity index is 1.92. The molecule has 0 aromatic carbocycles. The molecule has 1 heterocycles. The van der Waals surface area contributed by atoms with Crippen LogP contribution in [-0.2, 0) is 19.0 Å². The van der Waals surface area contributed by atoms with Gasteiger partial charge in [0.2, 0.25) is 0 Å². The van der Waals surface area contributed by atoms with Gasteiger partial charge in [-0.3, -0.25) is 4.79 Å². The lowest BCUT2D eigenvalue weighted by atomic mass is 10.0. The van der Waals surface area contributed by atoms with Crippen LogP contribution in [-0.4, -0.2) is 52.6 Å². The third kappa shape index (κ3) is 6.61. The van der Waals surface area contributed by atoms with Crippen molar-refractivity contribution >= 4 is 5.97 Å². The Morgan fingerprint density at radius 2 is 2.18 bits per heavy atom. The lowest BCUT2D eigenvalue weighted by Gasteiger charge is -2.21. The molecule has 0 bridgehead atoms. The van der Waals surface area contributed by atoms with Gasteiger partial charge < -0.3 is 19.5 Å². The molecular weight excluding hydrogens is 222 g/mol. The largest absolute Gasteiger partial charge is 0.465 e. The molecule has 0 amide bonds. The first-order valence-corrected chi connectivity index (χ1v) is 6.28. The maximum atomic E-state index is 11.6. The molecule has 5 heteroatoms. The molecular formula is C12H23NO4. The fourth-order valence-corrected chi connectivity index (χ4v) is 1.75. The minimum absolute atomic E-state index is 0.0400. The van der Waals surface area contributed by atoms with Crippen molar-refractivity contribution in [2.24, 2.45) is 5.92 Å². The van der Waals surface area contributed by atoms with E-state index in [9.17, 15) is 4.79 Å². The van der Waals surface area contributed by atoms with E-state index in [1.807, 2.05) is 0 Å². The van der Waals surface area contributed by atoms with Crippen LogP contribution in [0.2, 0.25) is 0 Å². The van der Waals surface area contributed by atoms with Crippen LogP contribution in [0.1, 0.15) is 19.3 Å². The molecule has 1 saturated heterocycles. The van der Waals surface area contributed by atoms with Crippen molar-refractivity contribution in [3.8, 4) is 0 Å². The Morgan fingerprint density at radius 1 is 1.29 bits per heavy atom. The molecule has 1 rings (SSSR count). The van der Waals surface area contributed by atoms with Crippen molar-refractivity contribution in [1.82, 2.24) is 5.32 Å². The van der Waals surface area contributed by atoms with Gasteiger partial charge in [-0.2, -0.15) is 0 Å². The van der Waals surface area contributed by atoms with Gasteiger partial charge in [0.1, 0.15) is 0 Å². The third-order valence-corrected chi connectivity index (χ3v) is 2.74. The van der Waals surface area contributed by atoms with Crippen molar-refractivity contribution < 1.29 is 19.0 Å². The zero-order valence-electron chi connectivity index (χ0n) is 10.6. The second kappa shape index (κ2) is 9.39. The summed E-state index contributed by atoms with van der Waals surface area (Å²) in [5, 5.41) is 3.20. The lowest BCUT2D eigenvalue weighted by molar-refractivity contribution is -0.149. The number of hydrogen-bond acceptors (Lipinski definition) is 5. The second-order valence-corrected chi connectivity index (χ2v) is 4.17. The first kappa shape index (κ1) is 14.4. The Morgan fingerprint density at radius 3 is 2.88 bits per heavy atom. The van der Waals surface area contributed by atoms with E-state index in [0.717, 1.165) is 32.4 Å². The smallest absolute Gasteiger partial charge is 0.310 e. The average molecular weight is 245 g/mol. The summed E-state index contributed by atoms with van der Waals surface area (Å²) in [7, 11) is 1.64.